The predicted octanol–water partition coefficient (Wildman–Crippen LogP) is 4.49. The summed E-state index contributed by atoms with van der Waals surface area (Å²) in [5, 5.41) is 12.2. The number of amides is 1. The zero-order valence-corrected chi connectivity index (χ0v) is 21.7. The number of halogens is 3. The van der Waals surface area contributed by atoms with Gasteiger partial charge >= 0.3 is 6.36 Å². The molecule has 0 aliphatic rings. The van der Waals surface area contributed by atoms with E-state index >= 15 is 0 Å². The SMILES string of the molecule is N/C(=C\C=C(/N)NC(=O)Cc1cccc(OC(F)(F)F)c1)CCCCc1nnc(/N=C/Cc2ccccn2)s1. The second-order valence-corrected chi connectivity index (χ2v) is 9.35. The van der Waals surface area contributed by atoms with Crippen LogP contribution in [0.4, 0.5) is 18.3 Å². The summed E-state index contributed by atoms with van der Waals surface area (Å²) < 4.78 is 41.0. The van der Waals surface area contributed by atoms with E-state index in [9.17, 15) is 18.0 Å². The van der Waals surface area contributed by atoms with E-state index in [1.165, 1.54) is 29.5 Å². The number of carbonyl (C=O) groups excluding carboxylic acids is 1. The van der Waals surface area contributed by atoms with Crippen LogP contribution in [0.1, 0.15) is 35.5 Å². The number of rotatable bonds is 13. The summed E-state index contributed by atoms with van der Waals surface area (Å²) in [6.07, 6.45) is 5.27. The van der Waals surface area contributed by atoms with Crippen molar-refractivity contribution in [1.29, 1.82) is 0 Å². The molecule has 0 saturated carbocycles. The average Bonchev–Trinajstić information content (AvgIpc) is 3.32. The standard InChI is InChI=1S/C26H28F3N7O2S/c27-26(28,29)38-21-9-5-6-18(16-21)17-23(37)34-22(31)12-11-19(30)7-1-2-10-24-35-36-25(39-24)33-15-13-20-8-3-4-14-32-20/h3-6,8-9,11-12,14-16H,1-2,7,10,13,17,30-31H2,(H,34,37)/b19-11-,22-12+,33-15+. The second-order valence-electron chi connectivity index (χ2n) is 8.31. The minimum atomic E-state index is -4.81. The molecule has 3 rings (SSSR count). The van der Waals surface area contributed by atoms with Gasteiger partial charge < -0.3 is 21.5 Å². The van der Waals surface area contributed by atoms with Gasteiger partial charge in [0.05, 0.1) is 6.42 Å². The number of pyridine rings is 1. The average molecular weight is 560 g/mol. The molecule has 0 aliphatic carbocycles. The van der Waals surface area contributed by atoms with Gasteiger partial charge in [-0.1, -0.05) is 29.5 Å². The van der Waals surface area contributed by atoms with Crippen LogP contribution in [0.15, 0.2) is 77.3 Å². The van der Waals surface area contributed by atoms with E-state index < -0.39 is 18.0 Å². The van der Waals surface area contributed by atoms with Gasteiger partial charge in [-0.25, -0.2) is 4.99 Å². The number of unbranched alkanes of at least 4 members (excludes halogenated alkanes) is 1. The van der Waals surface area contributed by atoms with Crippen molar-refractivity contribution in [2.75, 3.05) is 0 Å². The summed E-state index contributed by atoms with van der Waals surface area (Å²) >= 11 is 1.44. The van der Waals surface area contributed by atoms with E-state index in [2.05, 4.69) is 30.2 Å². The summed E-state index contributed by atoms with van der Waals surface area (Å²) in [5.74, 6) is -0.822. The normalized spacial score (nSPS) is 12.6. The molecule has 1 amide bonds. The van der Waals surface area contributed by atoms with Crippen molar-refractivity contribution in [2.24, 2.45) is 16.5 Å². The minimum absolute atomic E-state index is 0.0654. The third-order valence-corrected chi connectivity index (χ3v) is 5.94. The van der Waals surface area contributed by atoms with Crippen molar-refractivity contribution in [3.05, 3.63) is 88.6 Å². The number of allylic oxidation sites excluding steroid dienone is 3. The number of aliphatic imine (C=N–C) groups is 1. The smallest absolute Gasteiger partial charge is 0.406 e. The Bertz CT molecular complexity index is 1310. The zero-order valence-electron chi connectivity index (χ0n) is 20.9. The highest BCUT2D eigenvalue weighted by molar-refractivity contribution is 7.14. The lowest BCUT2D eigenvalue weighted by Gasteiger charge is -2.10. The van der Waals surface area contributed by atoms with E-state index in [0.29, 0.717) is 29.2 Å². The molecule has 2 aromatic heterocycles. The maximum absolute atomic E-state index is 12.4. The van der Waals surface area contributed by atoms with E-state index in [-0.39, 0.29) is 12.2 Å². The first-order valence-electron chi connectivity index (χ1n) is 12.0. The van der Waals surface area contributed by atoms with Gasteiger partial charge in [-0.2, -0.15) is 0 Å². The number of aromatic nitrogens is 3. The molecule has 0 fully saturated rings. The molecule has 0 spiro atoms. The molecule has 2 heterocycles. The van der Waals surface area contributed by atoms with E-state index in [1.54, 1.807) is 18.5 Å². The number of aryl methyl sites for hydroxylation is 1. The lowest BCUT2D eigenvalue weighted by atomic mass is 10.1. The molecule has 206 valence electrons. The number of hydrogen-bond acceptors (Lipinski definition) is 9. The molecule has 9 nitrogen and oxygen atoms in total. The number of nitrogens with two attached hydrogens (primary N) is 2. The van der Waals surface area contributed by atoms with Gasteiger partial charge in [0.2, 0.25) is 11.0 Å². The number of hydrogen-bond donors (Lipinski definition) is 3. The maximum Gasteiger partial charge on any atom is 0.573 e. The molecule has 3 aromatic rings. The largest absolute Gasteiger partial charge is 0.573 e. The van der Waals surface area contributed by atoms with Crippen LogP contribution in [0.25, 0.3) is 0 Å². The fourth-order valence-corrected chi connectivity index (χ4v) is 4.05. The van der Waals surface area contributed by atoms with Gasteiger partial charge in [0.1, 0.15) is 16.6 Å². The topological polar surface area (TPSA) is 141 Å². The zero-order chi connectivity index (χ0) is 28.1. The van der Waals surface area contributed by atoms with Crippen molar-refractivity contribution in [3.63, 3.8) is 0 Å². The van der Waals surface area contributed by atoms with Gasteiger partial charge in [-0.05, 0) is 61.2 Å². The fourth-order valence-electron chi connectivity index (χ4n) is 3.30. The van der Waals surface area contributed by atoms with E-state index in [4.69, 9.17) is 11.5 Å². The van der Waals surface area contributed by atoms with Crippen LogP contribution in [-0.2, 0) is 24.1 Å². The molecule has 0 atom stereocenters. The maximum atomic E-state index is 12.4. The summed E-state index contributed by atoms with van der Waals surface area (Å²) in [7, 11) is 0. The van der Waals surface area contributed by atoms with Gasteiger partial charge in [0, 0.05) is 36.6 Å². The highest BCUT2D eigenvalue weighted by Crippen LogP contribution is 2.23. The van der Waals surface area contributed by atoms with Crippen LogP contribution in [0, 0.1) is 0 Å². The Hall–Kier alpha value is -4.26. The molecule has 5 N–H and O–H groups in total. The Morgan fingerprint density at radius 2 is 1.95 bits per heavy atom. The van der Waals surface area contributed by atoms with Crippen molar-refractivity contribution in [1.82, 2.24) is 20.5 Å². The van der Waals surface area contributed by atoms with Gasteiger partial charge in [0.25, 0.3) is 0 Å². The third-order valence-electron chi connectivity index (χ3n) is 5.05. The van der Waals surface area contributed by atoms with Gasteiger partial charge in [-0.3, -0.25) is 9.78 Å². The monoisotopic (exact) mass is 559 g/mol. The van der Waals surface area contributed by atoms with Gasteiger partial charge in [0.15, 0.2) is 0 Å². The minimum Gasteiger partial charge on any atom is -0.406 e. The number of alkyl halides is 3. The Kier molecular flexibility index (Phi) is 11.0. The quantitative estimate of drug-likeness (QED) is 0.159. The van der Waals surface area contributed by atoms with Crippen molar-refractivity contribution in [3.8, 4) is 5.75 Å². The Labute approximate surface area is 227 Å². The number of nitrogens with zero attached hydrogens (tertiary/aromatic N) is 4. The van der Waals surface area contributed by atoms with E-state index in [1.807, 2.05) is 18.2 Å². The highest BCUT2D eigenvalue weighted by atomic mass is 32.1. The van der Waals surface area contributed by atoms with Crippen LogP contribution < -0.4 is 21.5 Å². The lowest BCUT2D eigenvalue weighted by molar-refractivity contribution is -0.274. The molecular weight excluding hydrogens is 531 g/mol. The first kappa shape index (κ1) is 29.3. The summed E-state index contributed by atoms with van der Waals surface area (Å²) in [6.45, 7) is 0. The molecule has 0 unspecified atom stereocenters. The van der Waals surface area contributed by atoms with Crippen molar-refractivity contribution >= 4 is 28.6 Å². The number of benzene rings is 1. The highest BCUT2D eigenvalue weighted by Gasteiger charge is 2.31. The van der Waals surface area contributed by atoms with Crippen molar-refractivity contribution in [2.45, 2.75) is 44.9 Å². The molecule has 0 radical (unpaired) electrons. The molecule has 13 heteroatoms. The summed E-state index contributed by atoms with van der Waals surface area (Å²) in [4.78, 5) is 20.7. The number of nitrogens with one attached hydrogen (secondary N) is 1. The van der Waals surface area contributed by atoms with Crippen LogP contribution >= 0.6 is 11.3 Å². The molecule has 1 aromatic carbocycles. The summed E-state index contributed by atoms with van der Waals surface area (Å²) in [5.41, 5.74) is 13.7. The second kappa shape index (κ2) is 14.6. The molecular formula is C26H28F3N7O2S. The summed E-state index contributed by atoms with van der Waals surface area (Å²) in [6, 6.07) is 10.9. The van der Waals surface area contributed by atoms with Gasteiger partial charge in [-0.15, -0.1) is 23.4 Å². The van der Waals surface area contributed by atoms with E-state index in [0.717, 1.165) is 42.1 Å². The lowest BCUT2D eigenvalue weighted by Crippen LogP contribution is -2.28. The third kappa shape index (κ3) is 11.8. The Balaban J connectivity index is 1.36. The first-order valence-corrected chi connectivity index (χ1v) is 12.8. The molecule has 0 aliphatic heterocycles. The number of carbonyl (C=O) groups is 1. The van der Waals surface area contributed by atoms with Crippen LogP contribution in [0.5, 0.6) is 5.75 Å². The van der Waals surface area contributed by atoms with Crippen LogP contribution in [0.2, 0.25) is 0 Å². The Morgan fingerprint density at radius 1 is 1.10 bits per heavy atom. The number of ether oxygens (including phenoxy) is 1. The predicted molar refractivity (Wildman–Crippen MR) is 143 cm³/mol. The van der Waals surface area contributed by atoms with Crippen molar-refractivity contribution < 1.29 is 22.7 Å². The fraction of sp³-hybridized carbons (Fsp3) is 0.269. The van der Waals surface area contributed by atoms with Crippen LogP contribution in [0.3, 0.4) is 0 Å². The first-order chi connectivity index (χ1) is 18.7. The Morgan fingerprint density at radius 3 is 2.72 bits per heavy atom. The van der Waals surface area contributed by atoms with Crippen LogP contribution in [-0.4, -0.2) is 33.7 Å². The molecule has 39 heavy (non-hydrogen) atoms. The molecule has 0 bridgehead atoms. The molecule has 0 saturated heterocycles.